The van der Waals surface area contributed by atoms with E-state index in [-0.39, 0.29) is 18.7 Å². The Labute approximate surface area is 183 Å². The highest BCUT2D eigenvalue weighted by molar-refractivity contribution is 7.89. The largest absolute Gasteiger partial charge is 0.416 e. The molecule has 0 aliphatic heterocycles. The average molecular weight is 473 g/mol. The Kier molecular flexibility index (Phi) is 7.62. The second kappa shape index (κ2) is 9.65. The second-order valence-corrected chi connectivity index (χ2v) is 8.82. The van der Waals surface area contributed by atoms with Gasteiger partial charge in [0, 0.05) is 30.3 Å². The quantitative estimate of drug-likeness (QED) is 0.251. The molecular formula is C20H22F3N3O5S. The predicted octanol–water partition coefficient (Wildman–Crippen LogP) is 4.24. The van der Waals surface area contributed by atoms with Gasteiger partial charge in [-0.05, 0) is 31.0 Å². The molecule has 0 aliphatic rings. The Balaban J connectivity index is 2.71. The molecule has 32 heavy (non-hydrogen) atoms. The lowest BCUT2D eigenvalue weighted by Gasteiger charge is -2.22. The SMILES string of the molecule is CCCN(CCC)S(=O)(=O)c1c([N+](=O)[O-])ccc(C(=O)c2cccc(C(F)(F)F)c2)c1N. The molecule has 0 unspecified atom stereocenters. The van der Waals surface area contributed by atoms with Gasteiger partial charge in [0.05, 0.1) is 16.2 Å². The minimum Gasteiger partial charge on any atom is -0.397 e. The number of anilines is 1. The molecule has 2 rings (SSSR count). The summed E-state index contributed by atoms with van der Waals surface area (Å²) in [6.45, 7) is 3.59. The fourth-order valence-corrected chi connectivity index (χ4v) is 5.07. The first-order valence-electron chi connectivity index (χ1n) is 9.65. The van der Waals surface area contributed by atoms with Crippen LogP contribution in [0.25, 0.3) is 0 Å². The minimum atomic E-state index is -4.70. The van der Waals surface area contributed by atoms with Crippen molar-refractivity contribution in [2.24, 2.45) is 0 Å². The Hall–Kier alpha value is -2.99. The van der Waals surface area contributed by atoms with E-state index in [1.165, 1.54) is 0 Å². The third-order valence-electron chi connectivity index (χ3n) is 4.61. The number of alkyl halides is 3. The van der Waals surface area contributed by atoms with Gasteiger partial charge in [-0.15, -0.1) is 0 Å². The van der Waals surface area contributed by atoms with Crippen molar-refractivity contribution in [3.63, 3.8) is 0 Å². The third kappa shape index (κ3) is 5.07. The van der Waals surface area contributed by atoms with E-state index in [0.29, 0.717) is 18.9 Å². The van der Waals surface area contributed by atoms with E-state index < -0.39 is 54.3 Å². The summed E-state index contributed by atoms with van der Waals surface area (Å²) in [5.74, 6) is -0.988. The molecular weight excluding hydrogens is 451 g/mol. The minimum absolute atomic E-state index is 0.0680. The maximum absolute atomic E-state index is 13.2. The molecule has 2 N–H and O–H groups in total. The van der Waals surface area contributed by atoms with Gasteiger partial charge in [0.15, 0.2) is 10.7 Å². The molecule has 0 saturated carbocycles. The highest BCUT2D eigenvalue weighted by Gasteiger charge is 2.36. The molecule has 0 aliphatic carbocycles. The van der Waals surface area contributed by atoms with E-state index in [1.54, 1.807) is 13.8 Å². The van der Waals surface area contributed by atoms with Crippen LogP contribution in [0.2, 0.25) is 0 Å². The zero-order valence-corrected chi connectivity index (χ0v) is 18.2. The molecule has 0 radical (unpaired) electrons. The summed E-state index contributed by atoms with van der Waals surface area (Å²) in [6, 6.07) is 5.29. The molecule has 0 fully saturated rings. The number of carbonyl (C=O) groups is 1. The van der Waals surface area contributed by atoms with Gasteiger partial charge in [0.1, 0.15) is 0 Å². The van der Waals surface area contributed by atoms with Gasteiger partial charge >= 0.3 is 6.18 Å². The number of carbonyl (C=O) groups excluding carboxylic acids is 1. The summed E-state index contributed by atoms with van der Waals surface area (Å²) >= 11 is 0. The van der Waals surface area contributed by atoms with Gasteiger partial charge < -0.3 is 5.73 Å². The van der Waals surface area contributed by atoms with Crippen molar-refractivity contribution in [1.82, 2.24) is 4.31 Å². The molecule has 8 nitrogen and oxygen atoms in total. The lowest BCUT2D eigenvalue weighted by Crippen LogP contribution is -2.33. The zero-order chi connectivity index (χ0) is 24.3. The van der Waals surface area contributed by atoms with Gasteiger partial charge in [-0.1, -0.05) is 26.0 Å². The number of nitrogens with two attached hydrogens (primary N) is 1. The molecule has 0 atom stereocenters. The number of nitrogens with zero attached hydrogens (tertiary/aromatic N) is 2. The monoisotopic (exact) mass is 473 g/mol. The average Bonchev–Trinajstić information content (AvgIpc) is 2.72. The Morgan fingerprint density at radius 2 is 1.72 bits per heavy atom. The number of sulfonamides is 1. The number of rotatable bonds is 9. The van der Waals surface area contributed by atoms with Crippen molar-refractivity contribution in [2.75, 3.05) is 18.8 Å². The number of nitro benzene ring substituents is 1. The Bertz CT molecular complexity index is 1130. The second-order valence-electron chi connectivity index (χ2n) is 6.94. The van der Waals surface area contributed by atoms with Crippen molar-refractivity contribution < 1.29 is 31.3 Å². The fourth-order valence-electron chi connectivity index (χ4n) is 3.17. The number of benzene rings is 2. The zero-order valence-electron chi connectivity index (χ0n) is 17.3. The molecule has 2 aromatic rings. The van der Waals surface area contributed by atoms with Gasteiger partial charge in [-0.2, -0.15) is 17.5 Å². The fraction of sp³-hybridized carbons (Fsp3) is 0.350. The first-order valence-corrected chi connectivity index (χ1v) is 11.1. The van der Waals surface area contributed by atoms with Crippen LogP contribution in [0.4, 0.5) is 24.5 Å². The lowest BCUT2D eigenvalue weighted by molar-refractivity contribution is -0.387. The van der Waals surface area contributed by atoms with E-state index in [1.807, 2.05) is 0 Å². The van der Waals surface area contributed by atoms with E-state index in [0.717, 1.165) is 34.6 Å². The topological polar surface area (TPSA) is 124 Å². The summed E-state index contributed by atoms with van der Waals surface area (Å²) in [5.41, 5.74) is 2.54. The first kappa shape index (κ1) is 25.3. The number of nitro groups is 1. The van der Waals surface area contributed by atoms with Gasteiger partial charge in [0.2, 0.25) is 0 Å². The number of ketones is 1. The molecule has 0 aromatic heterocycles. The van der Waals surface area contributed by atoms with Crippen molar-refractivity contribution in [1.29, 1.82) is 0 Å². The maximum atomic E-state index is 13.2. The highest BCUT2D eigenvalue weighted by atomic mass is 32.2. The molecule has 174 valence electrons. The Morgan fingerprint density at radius 3 is 2.22 bits per heavy atom. The number of nitrogen functional groups attached to an aromatic ring is 1. The number of hydrogen-bond acceptors (Lipinski definition) is 6. The highest BCUT2D eigenvalue weighted by Crippen LogP contribution is 2.36. The first-order chi connectivity index (χ1) is 14.9. The third-order valence-corrected chi connectivity index (χ3v) is 6.60. The molecule has 0 heterocycles. The van der Waals surface area contributed by atoms with Crippen LogP contribution in [-0.4, -0.2) is 36.5 Å². The van der Waals surface area contributed by atoms with Crippen LogP contribution in [0.1, 0.15) is 48.2 Å². The normalized spacial score (nSPS) is 12.2. The van der Waals surface area contributed by atoms with Gasteiger partial charge in [-0.25, -0.2) is 8.42 Å². The summed E-state index contributed by atoms with van der Waals surface area (Å²) in [5, 5.41) is 11.5. The molecule has 0 amide bonds. The molecule has 0 bridgehead atoms. The predicted molar refractivity (Wildman–Crippen MR) is 112 cm³/mol. The summed E-state index contributed by atoms with van der Waals surface area (Å²) in [4.78, 5) is 22.6. The Morgan fingerprint density at radius 1 is 1.12 bits per heavy atom. The van der Waals surface area contributed by atoms with Crippen LogP contribution >= 0.6 is 0 Å². The lowest BCUT2D eigenvalue weighted by atomic mass is 9.99. The van der Waals surface area contributed by atoms with Crippen LogP contribution in [0, 0.1) is 10.1 Å². The van der Waals surface area contributed by atoms with Crippen LogP contribution < -0.4 is 5.73 Å². The van der Waals surface area contributed by atoms with Gasteiger partial charge in [-0.3, -0.25) is 14.9 Å². The summed E-state index contributed by atoms with van der Waals surface area (Å²) in [6.07, 6.45) is -3.85. The van der Waals surface area contributed by atoms with Crippen molar-refractivity contribution in [3.05, 3.63) is 63.2 Å². The molecule has 0 spiro atoms. The van der Waals surface area contributed by atoms with Crippen LogP contribution in [0.3, 0.4) is 0 Å². The summed E-state index contributed by atoms with van der Waals surface area (Å²) < 4.78 is 66.5. The van der Waals surface area contributed by atoms with E-state index in [4.69, 9.17) is 5.73 Å². The molecule has 12 heteroatoms. The van der Waals surface area contributed by atoms with Crippen molar-refractivity contribution in [3.8, 4) is 0 Å². The maximum Gasteiger partial charge on any atom is 0.416 e. The van der Waals surface area contributed by atoms with Crippen LogP contribution in [0.5, 0.6) is 0 Å². The van der Waals surface area contributed by atoms with Crippen LogP contribution in [-0.2, 0) is 16.2 Å². The van der Waals surface area contributed by atoms with E-state index in [2.05, 4.69) is 0 Å². The van der Waals surface area contributed by atoms with E-state index in [9.17, 15) is 36.5 Å². The van der Waals surface area contributed by atoms with Gasteiger partial charge in [0.25, 0.3) is 15.7 Å². The van der Waals surface area contributed by atoms with Crippen molar-refractivity contribution in [2.45, 2.75) is 37.8 Å². The molecule has 2 aromatic carbocycles. The van der Waals surface area contributed by atoms with E-state index >= 15 is 0 Å². The number of halogens is 3. The van der Waals surface area contributed by atoms with Crippen molar-refractivity contribution >= 4 is 27.2 Å². The molecule has 0 saturated heterocycles. The van der Waals surface area contributed by atoms with Crippen LogP contribution in [0.15, 0.2) is 41.3 Å². The smallest absolute Gasteiger partial charge is 0.397 e. The number of hydrogen-bond donors (Lipinski definition) is 1. The standard InChI is InChI=1S/C20H22F3N3O5S/c1-3-10-25(11-4-2)32(30,31)19-16(26(28)29)9-8-15(17(19)24)18(27)13-6-5-7-14(12-13)20(21,22)23/h5-9,12H,3-4,10-11,24H2,1-2H3. The summed E-state index contributed by atoms with van der Waals surface area (Å²) in [7, 11) is -4.47.